The molecule has 0 aromatic heterocycles. The third-order valence-corrected chi connectivity index (χ3v) is 1.69. The summed E-state index contributed by atoms with van der Waals surface area (Å²) < 4.78 is 0. The van der Waals surface area contributed by atoms with Gasteiger partial charge in [-0.3, -0.25) is 0 Å². The lowest BCUT2D eigenvalue weighted by Crippen LogP contribution is -1.85. The Balaban J connectivity index is 3.16. The van der Waals surface area contributed by atoms with E-state index in [1.54, 1.807) is 0 Å². The summed E-state index contributed by atoms with van der Waals surface area (Å²) in [7, 11) is 0. The van der Waals surface area contributed by atoms with Gasteiger partial charge in [0.15, 0.2) is 0 Å². The van der Waals surface area contributed by atoms with Crippen LogP contribution in [0.5, 0.6) is 0 Å². The summed E-state index contributed by atoms with van der Waals surface area (Å²) in [5, 5.41) is 8.48. The summed E-state index contributed by atoms with van der Waals surface area (Å²) in [6, 6.07) is 2.67. The third-order valence-electron chi connectivity index (χ3n) is 1.69. The van der Waals surface area contributed by atoms with Crippen molar-refractivity contribution in [1.82, 2.24) is 0 Å². The van der Waals surface area contributed by atoms with E-state index in [0.717, 1.165) is 32.4 Å². The Morgan fingerprint density at radius 2 is 1.62 bits per heavy atom. The Kier molecular flexibility index (Phi) is 10.8. The molecular weight excluding hydrogens is 164 g/mol. The molecule has 1 N–H and O–H groups in total. The van der Waals surface area contributed by atoms with Gasteiger partial charge >= 0.3 is 0 Å². The predicted octanol–water partition coefficient (Wildman–Crippen LogP) is 2.12. The molecule has 0 aromatic rings. The largest absolute Gasteiger partial charge is 0.396 e. The van der Waals surface area contributed by atoms with Crippen LogP contribution in [0.2, 0.25) is 0 Å². The Bertz CT molecular complexity index is 137. The van der Waals surface area contributed by atoms with Crippen LogP contribution in [0.15, 0.2) is 9.98 Å². The van der Waals surface area contributed by atoms with E-state index in [0.29, 0.717) is 0 Å². The highest BCUT2D eigenvalue weighted by molar-refractivity contribution is 5.40. The minimum atomic E-state index is 0.253. The molecule has 76 valence electrons. The smallest absolute Gasteiger partial charge is 0.0892 e. The van der Waals surface area contributed by atoms with Crippen LogP contribution in [0, 0.1) is 0 Å². The first-order chi connectivity index (χ1) is 6.41. The molecule has 3 heteroatoms. The Morgan fingerprint density at radius 1 is 1.00 bits per heavy atom. The predicted molar refractivity (Wildman–Crippen MR) is 55.4 cm³/mol. The number of aliphatic hydroxyl groups excluding tert-OH is 1. The van der Waals surface area contributed by atoms with Crippen molar-refractivity contribution in [3.05, 3.63) is 0 Å². The van der Waals surface area contributed by atoms with Crippen LogP contribution in [-0.4, -0.2) is 30.8 Å². The first-order valence-electron chi connectivity index (χ1n) is 5.10. The number of hydrogen-bond acceptors (Lipinski definition) is 3. The van der Waals surface area contributed by atoms with E-state index in [1.165, 1.54) is 12.8 Å². The van der Waals surface area contributed by atoms with Crippen molar-refractivity contribution in [3.8, 4) is 0 Å². The van der Waals surface area contributed by atoms with Crippen LogP contribution < -0.4 is 0 Å². The zero-order chi connectivity index (χ0) is 9.78. The molecular formula is C10H20N2O. The van der Waals surface area contributed by atoms with E-state index in [4.69, 9.17) is 5.11 Å². The van der Waals surface area contributed by atoms with Crippen molar-refractivity contribution in [2.24, 2.45) is 9.98 Å². The molecule has 0 aliphatic heterocycles. The van der Waals surface area contributed by atoms with Crippen LogP contribution in [0.4, 0.5) is 0 Å². The molecule has 13 heavy (non-hydrogen) atoms. The molecule has 0 atom stereocenters. The molecule has 0 bridgehead atoms. The Morgan fingerprint density at radius 3 is 2.15 bits per heavy atom. The summed E-state index contributed by atoms with van der Waals surface area (Å²) >= 11 is 0. The molecule has 0 fully saturated rings. The van der Waals surface area contributed by atoms with Gasteiger partial charge in [-0.05, 0) is 19.3 Å². The minimum Gasteiger partial charge on any atom is -0.396 e. The fraction of sp³-hybridized carbons (Fsp3) is 0.900. The van der Waals surface area contributed by atoms with E-state index in [2.05, 4.69) is 22.9 Å². The Labute approximate surface area is 80.6 Å². The van der Waals surface area contributed by atoms with Crippen LogP contribution in [0.25, 0.3) is 0 Å². The molecule has 0 radical (unpaired) electrons. The van der Waals surface area contributed by atoms with Gasteiger partial charge in [-0.25, -0.2) is 9.98 Å². The maximum Gasteiger partial charge on any atom is 0.0892 e. The van der Waals surface area contributed by atoms with Crippen LogP contribution in [0.3, 0.4) is 0 Å². The van der Waals surface area contributed by atoms with E-state index in [1.807, 2.05) is 0 Å². The lowest BCUT2D eigenvalue weighted by molar-refractivity contribution is 0.285. The quantitative estimate of drug-likeness (QED) is 0.456. The van der Waals surface area contributed by atoms with Gasteiger partial charge in [0.1, 0.15) is 0 Å². The van der Waals surface area contributed by atoms with Crippen LogP contribution >= 0.6 is 0 Å². The van der Waals surface area contributed by atoms with Gasteiger partial charge in [0.25, 0.3) is 0 Å². The van der Waals surface area contributed by atoms with Gasteiger partial charge in [-0.1, -0.05) is 19.8 Å². The van der Waals surface area contributed by atoms with E-state index < -0.39 is 0 Å². The summed E-state index contributed by atoms with van der Waals surface area (Å²) in [5.74, 6) is 0. The van der Waals surface area contributed by atoms with Crippen molar-refractivity contribution in [2.45, 2.75) is 39.0 Å². The molecule has 0 rings (SSSR count). The van der Waals surface area contributed by atoms with Gasteiger partial charge in [0.2, 0.25) is 0 Å². The summed E-state index contributed by atoms with van der Waals surface area (Å²) in [6.07, 6.45) is 5.34. The Hall–Kier alpha value is -0.660. The van der Waals surface area contributed by atoms with E-state index in [-0.39, 0.29) is 6.61 Å². The van der Waals surface area contributed by atoms with Crippen molar-refractivity contribution >= 4 is 6.01 Å². The number of hydrogen-bond donors (Lipinski definition) is 1. The highest BCUT2D eigenvalue weighted by Gasteiger charge is 1.82. The van der Waals surface area contributed by atoms with Gasteiger partial charge in [-0.2, -0.15) is 0 Å². The molecule has 0 saturated heterocycles. The number of aliphatic hydroxyl groups is 1. The van der Waals surface area contributed by atoms with E-state index >= 15 is 0 Å². The van der Waals surface area contributed by atoms with Gasteiger partial charge in [0, 0.05) is 19.7 Å². The zero-order valence-electron chi connectivity index (χ0n) is 8.50. The SMILES string of the molecule is CCCCCN=C=NCCCCO. The molecule has 0 amide bonds. The van der Waals surface area contributed by atoms with Crippen molar-refractivity contribution in [3.63, 3.8) is 0 Å². The highest BCUT2D eigenvalue weighted by Crippen LogP contribution is 1.92. The summed E-state index contributed by atoms with van der Waals surface area (Å²) in [6.45, 7) is 4.00. The number of unbranched alkanes of at least 4 members (excludes halogenated alkanes) is 3. The standard InChI is InChI=1S/C10H20N2O/c1-2-3-4-7-11-10-12-8-5-6-9-13/h13H,2-9H2,1H3. The molecule has 0 aliphatic rings. The average molecular weight is 184 g/mol. The van der Waals surface area contributed by atoms with Gasteiger partial charge < -0.3 is 5.11 Å². The molecule has 0 spiro atoms. The van der Waals surface area contributed by atoms with Crippen LogP contribution in [0.1, 0.15) is 39.0 Å². The minimum absolute atomic E-state index is 0.253. The molecule has 0 saturated carbocycles. The highest BCUT2D eigenvalue weighted by atomic mass is 16.2. The van der Waals surface area contributed by atoms with Crippen molar-refractivity contribution < 1.29 is 5.11 Å². The molecule has 0 unspecified atom stereocenters. The summed E-state index contributed by atoms with van der Waals surface area (Å²) in [4.78, 5) is 8.01. The van der Waals surface area contributed by atoms with Crippen LogP contribution in [-0.2, 0) is 0 Å². The second-order valence-electron chi connectivity index (χ2n) is 3.00. The third kappa shape index (κ3) is 11.3. The topological polar surface area (TPSA) is 45.0 Å². The lowest BCUT2D eigenvalue weighted by Gasteiger charge is -1.89. The monoisotopic (exact) mass is 184 g/mol. The number of aliphatic imine (C=N–C) groups is 2. The first kappa shape index (κ1) is 12.3. The van der Waals surface area contributed by atoms with Gasteiger partial charge in [0.05, 0.1) is 6.01 Å². The second kappa shape index (κ2) is 11.3. The maximum absolute atomic E-state index is 8.48. The zero-order valence-corrected chi connectivity index (χ0v) is 8.50. The molecule has 0 aromatic carbocycles. The maximum atomic E-state index is 8.48. The fourth-order valence-electron chi connectivity index (χ4n) is 0.894. The van der Waals surface area contributed by atoms with E-state index in [9.17, 15) is 0 Å². The van der Waals surface area contributed by atoms with Crippen molar-refractivity contribution in [1.29, 1.82) is 0 Å². The lowest BCUT2D eigenvalue weighted by atomic mass is 10.2. The fourth-order valence-corrected chi connectivity index (χ4v) is 0.894. The number of rotatable bonds is 8. The van der Waals surface area contributed by atoms with Crippen molar-refractivity contribution in [2.75, 3.05) is 19.7 Å². The van der Waals surface area contributed by atoms with Gasteiger partial charge in [-0.15, -0.1) is 0 Å². The second-order valence-corrected chi connectivity index (χ2v) is 3.00. The molecule has 0 aliphatic carbocycles. The first-order valence-corrected chi connectivity index (χ1v) is 5.10. The molecule has 0 heterocycles. The summed E-state index contributed by atoms with van der Waals surface area (Å²) in [5.41, 5.74) is 0. The molecule has 3 nitrogen and oxygen atoms in total. The average Bonchev–Trinajstić information content (AvgIpc) is 2.16. The number of nitrogens with zero attached hydrogens (tertiary/aromatic N) is 2. The normalized spacial score (nSPS) is 9.38.